The molecular weight excluding hydrogens is 174 g/mol. The molecule has 0 aliphatic rings. The predicted octanol–water partition coefficient (Wildman–Crippen LogP) is -9.16. The largest absolute Gasteiger partial charge is 1.00 e. The normalized spacial score (nSPS) is 0. The first kappa shape index (κ1) is 25.2. The van der Waals surface area contributed by atoms with Crippen LogP contribution in [-0.4, -0.2) is 5.48 Å². The molecule has 0 amide bonds. The fourth-order valence-corrected chi connectivity index (χ4v) is 0. The van der Waals surface area contributed by atoms with Crippen molar-refractivity contribution < 1.29 is 125 Å². The van der Waals surface area contributed by atoms with Crippen LogP contribution in [0.15, 0.2) is 0 Å². The fourth-order valence-electron chi connectivity index (χ4n) is 0. The van der Waals surface area contributed by atoms with E-state index in [1.54, 1.807) is 0 Å². The minimum atomic E-state index is 0. The molecule has 0 aliphatic heterocycles. The molecule has 1 N–H and O–H groups in total. The van der Waals surface area contributed by atoms with Gasteiger partial charge in [0, 0.05) is 0 Å². The molecule has 0 aromatic carbocycles. The van der Waals surface area contributed by atoms with Crippen molar-refractivity contribution in [3.05, 3.63) is 0 Å². The van der Waals surface area contributed by atoms with Crippen LogP contribution in [0, 0.1) is 0 Å². The van der Waals surface area contributed by atoms with Crippen molar-refractivity contribution in [2.75, 3.05) is 0 Å². The quantitative estimate of drug-likeness (QED) is 0.336. The summed E-state index contributed by atoms with van der Waals surface area (Å²) in [6.45, 7) is 0. The Hall–Kier alpha value is 3.71. The van der Waals surface area contributed by atoms with Gasteiger partial charge in [0.15, 0.2) is 0 Å². The molecule has 0 saturated carbocycles. The zero-order valence-corrected chi connectivity index (χ0v) is 10.7. The molecular formula is HBrK2O. The monoisotopic (exact) mass is 174 g/mol. The topological polar surface area (TPSA) is 30.0 Å². The minimum absolute atomic E-state index is 0. The molecule has 1 nitrogen and oxygen atoms in total. The maximum Gasteiger partial charge on any atom is 1.00 e. The van der Waals surface area contributed by atoms with E-state index in [2.05, 4.69) is 0 Å². The molecule has 0 fully saturated rings. The molecule has 0 saturated heterocycles. The van der Waals surface area contributed by atoms with Gasteiger partial charge in [0.05, 0.1) is 0 Å². The second-order valence-electron chi connectivity index (χ2n) is 0. The third-order valence-electron chi connectivity index (χ3n) is 0. The maximum absolute atomic E-state index is 0. The first-order chi connectivity index (χ1) is 0. The van der Waals surface area contributed by atoms with Gasteiger partial charge in [-0.15, -0.1) is 0 Å². The first-order valence-corrected chi connectivity index (χ1v) is 0. The summed E-state index contributed by atoms with van der Waals surface area (Å²) in [6.07, 6.45) is 0. The Kier molecular flexibility index (Phi) is 100. The summed E-state index contributed by atoms with van der Waals surface area (Å²) in [6, 6.07) is 0. The van der Waals surface area contributed by atoms with Crippen LogP contribution in [0.4, 0.5) is 0 Å². The van der Waals surface area contributed by atoms with Crippen LogP contribution in [0.1, 0.15) is 0 Å². The molecule has 4 heteroatoms. The average Bonchev–Trinajstić information content (AvgIpc) is 0. The summed E-state index contributed by atoms with van der Waals surface area (Å²) >= 11 is 0. The van der Waals surface area contributed by atoms with Crippen molar-refractivity contribution in [2.45, 2.75) is 0 Å². The molecule has 0 heterocycles. The van der Waals surface area contributed by atoms with Crippen molar-refractivity contribution in [1.29, 1.82) is 0 Å². The molecule has 0 aromatic heterocycles. The molecule has 0 rings (SSSR count). The van der Waals surface area contributed by atoms with E-state index in [1.165, 1.54) is 0 Å². The molecule has 16 valence electrons. The molecule has 4 heavy (non-hydrogen) atoms. The van der Waals surface area contributed by atoms with E-state index >= 15 is 0 Å². The number of hydrogen-bond acceptors (Lipinski definition) is 1. The van der Waals surface area contributed by atoms with Gasteiger partial charge in [-0.05, 0) is 0 Å². The van der Waals surface area contributed by atoms with E-state index in [-0.39, 0.29) is 125 Å². The summed E-state index contributed by atoms with van der Waals surface area (Å²) in [5.74, 6) is 0. The molecule has 0 radical (unpaired) electrons. The third-order valence-corrected chi connectivity index (χ3v) is 0. The molecule has 0 aliphatic carbocycles. The van der Waals surface area contributed by atoms with Crippen molar-refractivity contribution in [3.63, 3.8) is 0 Å². The Labute approximate surface area is 121 Å². The summed E-state index contributed by atoms with van der Waals surface area (Å²) in [7, 11) is 0. The van der Waals surface area contributed by atoms with Crippen molar-refractivity contribution in [2.24, 2.45) is 0 Å². The molecule has 0 spiro atoms. The number of halogens is 1. The van der Waals surface area contributed by atoms with Crippen LogP contribution in [0.3, 0.4) is 0 Å². The van der Waals surface area contributed by atoms with Gasteiger partial charge < -0.3 is 22.5 Å². The number of rotatable bonds is 0. The van der Waals surface area contributed by atoms with Crippen LogP contribution in [0.2, 0.25) is 0 Å². The second kappa shape index (κ2) is 15.9. The van der Waals surface area contributed by atoms with Gasteiger partial charge in [-0.3, -0.25) is 0 Å². The van der Waals surface area contributed by atoms with Gasteiger partial charge in [-0.1, -0.05) is 0 Å². The van der Waals surface area contributed by atoms with E-state index in [0.717, 1.165) is 0 Å². The summed E-state index contributed by atoms with van der Waals surface area (Å²) in [5.41, 5.74) is 0. The van der Waals surface area contributed by atoms with Gasteiger partial charge in [-0.25, -0.2) is 0 Å². The van der Waals surface area contributed by atoms with Crippen LogP contribution >= 0.6 is 0 Å². The Balaban J connectivity index is 0. The Morgan fingerprint density at radius 3 is 0.750 bits per heavy atom. The molecule has 0 bridgehead atoms. The number of hydrogen-bond donors (Lipinski definition) is 0. The van der Waals surface area contributed by atoms with E-state index < -0.39 is 0 Å². The van der Waals surface area contributed by atoms with Crippen LogP contribution in [0.25, 0.3) is 0 Å². The van der Waals surface area contributed by atoms with Gasteiger partial charge >= 0.3 is 103 Å². The Bertz CT molecular complexity index is 6.00. The smallest absolute Gasteiger partial charge is 1.00 e. The van der Waals surface area contributed by atoms with Gasteiger partial charge in [0.1, 0.15) is 0 Å². The minimum Gasteiger partial charge on any atom is -1.00 e. The van der Waals surface area contributed by atoms with Crippen LogP contribution < -0.4 is 120 Å². The van der Waals surface area contributed by atoms with Crippen molar-refractivity contribution in [3.8, 4) is 0 Å². The van der Waals surface area contributed by atoms with Crippen LogP contribution in [-0.2, 0) is 0 Å². The van der Waals surface area contributed by atoms with E-state index in [9.17, 15) is 0 Å². The van der Waals surface area contributed by atoms with E-state index in [0.29, 0.717) is 0 Å². The standard InChI is InChI=1S/BrH.2K.H2O/h1H;;;1H2/q;2*+1;/p-2. The molecule has 0 aromatic rings. The first-order valence-electron chi connectivity index (χ1n) is 0. The Morgan fingerprint density at radius 2 is 0.750 bits per heavy atom. The average molecular weight is 175 g/mol. The van der Waals surface area contributed by atoms with Crippen molar-refractivity contribution >= 4 is 0 Å². The summed E-state index contributed by atoms with van der Waals surface area (Å²) in [5, 5.41) is 0. The molecule has 0 atom stereocenters. The van der Waals surface area contributed by atoms with E-state index in [4.69, 9.17) is 0 Å². The van der Waals surface area contributed by atoms with Crippen molar-refractivity contribution in [1.82, 2.24) is 0 Å². The second-order valence-corrected chi connectivity index (χ2v) is 0. The van der Waals surface area contributed by atoms with Crippen LogP contribution in [0.5, 0.6) is 0 Å². The third kappa shape index (κ3) is 9.20. The van der Waals surface area contributed by atoms with Gasteiger partial charge in [0.2, 0.25) is 0 Å². The summed E-state index contributed by atoms with van der Waals surface area (Å²) < 4.78 is 0. The SMILES string of the molecule is [Br-].[K+].[K+].[OH-]. The van der Waals surface area contributed by atoms with Gasteiger partial charge in [-0.2, -0.15) is 0 Å². The fraction of sp³-hybridized carbons (Fsp3) is 0. The Morgan fingerprint density at radius 1 is 0.750 bits per heavy atom. The van der Waals surface area contributed by atoms with E-state index in [1.807, 2.05) is 0 Å². The summed E-state index contributed by atoms with van der Waals surface area (Å²) in [4.78, 5) is 0. The zero-order valence-electron chi connectivity index (χ0n) is 2.83. The maximum atomic E-state index is 0. The molecule has 0 unspecified atom stereocenters. The predicted molar refractivity (Wildman–Crippen MR) is 1.94 cm³/mol. The van der Waals surface area contributed by atoms with Gasteiger partial charge in [0.25, 0.3) is 0 Å². The zero-order chi connectivity index (χ0) is 0.